The standard InChI is InChI=1S/C7H10O.C2H6/c1-2-6-3-4-7(8)5-6;1-2/h5H,2-4H2,1H3;1-2H3. The van der Waals surface area contributed by atoms with Crippen molar-refractivity contribution in [3.05, 3.63) is 11.6 Å². The zero-order valence-corrected chi connectivity index (χ0v) is 7.11. The molecular formula is C9H16O. The van der Waals surface area contributed by atoms with Crippen LogP contribution in [0.2, 0.25) is 0 Å². The van der Waals surface area contributed by atoms with Crippen molar-refractivity contribution in [3.8, 4) is 0 Å². The van der Waals surface area contributed by atoms with Crippen LogP contribution in [0.5, 0.6) is 0 Å². The Bertz CT molecular complexity index is 134. The molecule has 0 amide bonds. The highest BCUT2D eigenvalue weighted by molar-refractivity contribution is 5.92. The molecule has 0 spiro atoms. The van der Waals surface area contributed by atoms with E-state index in [-0.39, 0.29) is 0 Å². The first-order valence-electron chi connectivity index (χ1n) is 4.05. The van der Waals surface area contributed by atoms with Crippen molar-refractivity contribution >= 4 is 5.78 Å². The lowest BCUT2D eigenvalue weighted by Crippen LogP contribution is -1.80. The van der Waals surface area contributed by atoms with Crippen LogP contribution in [0.15, 0.2) is 11.6 Å². The molecule has 0 aromatic carbocycles. The highest BCUT2D eigenvalue weighted by Crippen LogP contribution is 2.16. The van der Waals surface area contributed by atoms with E-state index in [0.29, 0.717) is 5.78 Å². The lowest BCUT2D eigenvalue weighted by atomic mass is 10.2. The van der Waals surface area contributed by atoms with Gasteiger partial charge in [0.05, 0.1) is 0 Å². The smallest absolute Gasteiger partial charge is 0.155 e. The molecule has 0 N–H and O–H groups in total. The quantitative estimate of drug-likeness (QED) is 0.547. The van der Waals surface area contributed by atoms with Gasteiger partial charge in [0.15, 0.2) is 5.78 Å². The molecule has 0 atom stereocenters. The molecule has 0 heterocycles. The fraction of sp³-hybridized carbons (Fsp3) is 0.667. The van der Waals surface area contributed by atoms with Crippen LogP contribution in [-0.4, -0.2) is 5.78 Å². The number of hydrogen-bond acceptors (Lipinski definition) is 1. The van der Waals surface area contributed by atoms with Crippen molar-refractivity contribution in [2.45, 2.75) is 40.0 Å². The van der Waals surface area contributed by atoms with Gasteiger partial charge in [0.2, 0.25) is 0 Å². The normalized spacial score (nSPS) is 15.9. The van der Waals surface area contributed by atoms with Crippen molar-refractivity contribution in [1.82, 2.24) is 0 Å². The van der Waals surface area contributed by atoms with E-state index in [1.165, 1.54) is 5.57 Å². The number of allylic oxidation sites excluding steroid dienone is 2. The third-order valence-corrected chi connectivity index (χ3v) is 1.51. The average molecular weight is 140 g/mol. The Morgan fingerprint density at radius 3 is 2.20 bits per heavy atom. The van der Waals surface area contributed by atoms with Gasteiger partial charge in [-0.25, -0.2) is 0 Å². The fourth-order valence-corrected chi connectivity index (χ4v) is 0.935. The molecule has 1 nitrogen and oxygen atoms in total. The summed E-state index contributed by atoms with van der Waals surface area (Å²) >= 11 is 0. The first-order valence-corrected chi connectivity index (χ1v) is 4.05. The fourth-order valence-electron chi connectivity index (χ4n) is 0.935. The van der Waals surface area contributed by atoms with Crippen LogP contribution in [0.1, 0.15) is 40.0 Å². The third kappa shape index (κ3) is 2.81. The molecule has 0 radical (unpaired) electrons. The summed E-state index contributed by atoms with van der Waals surface area (Å²) in [4.78, 5) is 10.5. The number of hydrogen-bond donors (Lipinski definition) is 0. The molecule has 0 saturated carbocycles. The summed E-state index contributed by atoms with van der Waals surface area (Å²) in [6, 6.07) is 0. The van der Waals surface area contributed by atoms with Crippen LogP contribution >= 0.6 is 0 Å². The molecule has 1 aliphatic carbocycles. The second-order valence-electron chi connectivity index (χ2n) is 2.12. The zero-order valence-electron chi connectivity index (χ0n) is 7.11. The molecule has 58 valence electrons. The monoisotopic (exact) mass is 140 g/mol. The molecular weight excluding hydrogens is 124 g/mol. The highest BCUT2D eigenvalue weighted by atomic mass is 16.1. The predicted octanol–water partition coefficient (Wildman–Crippen LogP) is 2.71. The zero-order chi connectivity index (χ0) is 7.98. The first-order chi connectivity index (χ1) is 4.83. The molecule has 10 heavy (non-hydrogen) atoms. The summed E-state index contributed by atoms with van der Waals surface area (Å²) in [5, 5.41) is 0. The lowest BCUT2D eigenvalue weighted by Gasteiger charge is -1.87. The van der Waals surface area contributed by atoms with E-state index < -0.39 is 0 Å². The Labute approximate surface area is 63.1 Å². The van der Waals surface area contributed by atoms with E-state index in [0.717, 1.165) is 19.3 Å². The summed E-state index contributed by atoms with van der Waals surface area (Å²) in [7, 11) is 0. The van der Waals surface area contributed by atoms with Gasteiger partial charge in [-0.1, -0.05) is 26.3 Å². The van der Waals surface area contributed by atoms with Gasteiger partial charge in [-0.05, 0) is 18.9 Å². The Hall–Kier alpha value is -0.590. The third-order valence-electron chi connectivity index (χ3n) is 1.51. The predicted molar refractivity (Wildman–Crippen MR) is 44.0 cm³/mol. The second kappa shape index (κ2) is 5.21. The maximum atomic E-state index is 10.5. The minimum Gasteiger partial charge on any atom is -0.295 e. The van der Waals surface area contributed by atoms with Gasteiger partial charge >= 0.3 is 0 Å². The summed E-state index contributed by atoms with van der Waals surface area (Å²) in [5.41, 5.74) is 1.31. The van der Waals surface area contributed by atoms with Gasteiger partial charge in [-0.15, -0.1) is 0 Å². The lowest BCUT2D eigenvalue weighted by molar-refractivity contribution is -0.114. The molecule has 1 heteroatoms. The minimum absolute atomic E-state index is 0.307. The number of carbonyl (C=O) groups is 1. The number of rotatable bonds is 1. The molecule has 0 bridgehead atoms. The molecule has 1 aliphatic rings. The summed E-state index contributed by atoms with van der Waals surface area (Å²) in [6.45, 7) is 6.09. The molecule has 0 aromatic heterocycles. The Kier molecular flexibility index (Phi) is 4.91. The van der Waals surface area contributed by atoms with Gasteiger partial charge < -0.3 is 0 Å². The molecule has 1 rings (SSSR count). The van der Waals surface area contributed by atoms with E-state index >= 15 is 0 Å². The summed E-state index contributed by atoms with van der Waals surface area (Å²) in [5.74, 6) is 0.307. The summed E-state index contributed by atoms with van der Waals surface area (Å²) in [6.07, 6.45) is 4.59. The van der Waals surface area contributed by atoms with Crippen LogP contribution in [-0.2, 0) is 4.79 Å². The highest BCUT2D eigenvalue weighted by Gasteiger charge is 2.08. The van der Waals surface area contributed by atoms with Gasteiger partial charge in [0.1, 0.15) is 0 Å². The van der Waals surface area contributed by atoms with Gasteiger partial charge in [-0.3, -0.25) is 4.79 Å². The van der Waals surface area contributed by atoms with Crippen molar-refractivity contribution in [2.75, 3.05) is 0 Å². The van der Waals surface area contributed by atoms with E-state index in [9.17, 15) is 4.79 Å². The van der Waals surface area contributed by atoms with Gasteiger partial charge in [-0.2, -0.15) is 0 Å². The Morgan fingerprint density at radius 1 is 1.40 bits per heavy atom. The van der Waals surface area contributed by atoms with E-state index in [4.69, 9.17) is 0 Å². The van der Waals surface area contributed by atoms with Gasteiger partial charge in [0, 0.05) is 6.42 Å². The molecule has 0 aromatic rings. The molecule has 0 fully saturated rings. The van der Waals surface area contributed by atoms with Crippen molar-refractivity contribution in [2.24, 2.45) is 0 Å². The topological polar surface area (TPSA) is 17.1 Å². The number of ketones is 1. The Morgan fingerprint density at radius 2 is 2.00 bits per heavy atom. The maximum Gasteiger partial charge on any atom is 0.155 e. The van der Waals surface area contributed by atoms with Crippen molar-refractivity contribution < 1.29 is 4.79 Å². The molecule has 0 saturated heterocycles. The van der Waals surface area contributed by atoms with E-state index in [2.05, 4.69) is 6.92 Å². The van der Waals surface area contributed by atoms with Crippen LogP contribution < -0.4 is 0 Å². The largest absolute Gasteiger partial charge is 0.295 e. The van der Waals surface area contributed by atoms with E-state index in [1.807, 2.05) is 13.8 Å². The maximum absolute atomic E-state index is 10.5. The van der Waals surface area contributed by atoms with Gasteiger partial charge in [0.25, 0.3) is 0 Å². The minimum atomic E-state index is 0.307. The van der Waals surface area contributed by atoms with Crippen molar-refractivity contribution in [1.29, 1.82) is 0 Å². The molecule has 0 unspecified atom stereocenters. The molecule has 0 aliphatic heterocycles. The first kappa shape index (κ1) is 9.41. The Balaban J connectivity index is 0.000000371. The van der Waals surface area contributed by atoms with Crippen LogP contribution in [0.25, 0.3) is 0 Å². The van der Waals surface area contributed by atoms with Crippen LogP contribution in [0.4, 0.5) is 0 Å². The van der Waals surface area contributed by atoms with Crippen LogP contribution in [0, 0.1) is 0 Å². The average Bonchev–Trinajstić information content (AvgIpc) is 2.40. The number of carbonyl (C=O) groups excluding carboxylic acids is 1. The van der Waals surface area contributed by atoms with E-state index in [1.54, 1.807) is 6.08 Å². The second-order valence-corrected chi connectivity index (χ2v) is 2.12. The van der Waals surface area contributed by atoms with Crippen LogP contribution in [0.3, 0.4) is 0 Å². The SMILES string of the molecule is CC.CCC1=CC(=O)CC1. The summed E-state index contributed by atoms with van der Waals surface area (Å²) < 4.78 is 0. The van der Waals surface area contributed by atoms with Crippen molar-refractivity contribution in [3.63, 3.8) is 0 Å².